The Hall–Kier alpha value is -3.20. The largest absolute Gasteiger partial charge is 0.465 e. The molecule has 1 saturated heterocycles. The number of methoxy groups -OCH3 is 1. The molecule has 4 bridgehead atoms. The Morgan fingerprint density at radius 3 is 2.58 bits per heavy atom. The second-order valence-corrected chi connectivity index (χ2v) is 11.7. The van der Waals surface area contributed by atoms with E-state index in [0.29, 0.717) is 43.1 Å². The van der Waals surface area contributed by atoms with Crippen LogP contribution in [0.25, 0.3) is 0 Å². The molecular formula is C29H35FN4O4. The molecule has 4 saturated carbocycles. The van der Waals surface area contributed by atoms with Crippen molar-refractivity contribution in [2.75, 3.05) is 36.5 Å². The van der Waals surface area contributed by atoms with Crippen molar-refractivity contribution >= 4 is 23.4 Å². The number of rotatable bonds is 5. The Balaban J connectivity index is 1.13. The topological polar surface area (TPSA) is 95.0 Å². The molecule has 0 spiro atoms. The van der Waals surface area contributed by atoms with Gasteiger partial charge in [-0.15, -0.1) is 0 Å². The predicted molar refractivity (Wildman–Crippen MR) is 141 cm³/mol. The van der Waals surface area contributed by atoms with E-state index in [-0.39, 0.29) is 23.6 Å². The third-order valence-corrected chi connectivity index (χ3v) is 9.15. The van der Waals surface area contributed by atoms with Crippen molar-refractivity contribution in [3.05, 3.63) is 53.5 Å². The van der Waals surface area contributed by atoms with Gasteiger partial charge >= 0.3 is 5.97 Å². The van der Waals surface area contributed by atoms with Crippen LogP contribution in [0, 0.1) is 23.6 Å². The van der Waals surface area contributed by atoms with Crippen molar-refractivity contribution in [3.8, 4) is 0 Å². The van der Waals surface area contributed by atoms with E-state index in [1.807, 2.05) is 12.1 Å². The molecular weight excluding hydrogens is 487 g/mol. The fourth-order valence-electron chi connectivity index (χ4n) is 7.66. The number of anilines is 2. The number of aliphatic hydroxyl groups is 1. The Kier molecular flexibility index (Phi) is 6.29. The van der Waals surface area contributed by atoms with Crippen molar-refractivity contribution in [1.29, 1.82) is 0 Å². The molecule has 7 rings (SSSR count). The standard InChI is InChI=1S/C29H35FN4O4/c1-17-16-33(21-6-7-23(30)22(12-21)28(36)38-2)8-9-34(17)25-5-3-4-24(31-25)27(35)32-26-19-10-18-11-20(26)15-29(37,13-18)14-19/h3-7,12,17-20,26,37H,8-11,13-16H2,1-2H3,(H,32,35). The van der Waals surface area contributed by atoms with E-state index in [2.05, 4.69) is 22.0 Å². The minimum absolute atomic E-state index is 0.0752. The molecule has 3 atom stereocenters. The van der Waals surface area contributed by atoms with Crippen LogP contribution in [0.5, 0.6) is 0 Å². The van der Waals surface area contributed by atoms with E-state index in [1.54, 1.807) is 12.1 Å². The van der Waals surface area contributed by atoms with E-state index in [0.717, 1.165) is 43.6 Å². The van der Waals surface area contributed by atoms with Gasteiger partial charge in [-0.3, -0.25) is 4.79 Å². The number of nitrogens with one attached hydrogen (secondary N) is 1. The highest BCUT2D eigenvalue weighted by Crippen LogP contribution is 2.55. The zero-order chi connectivity index (χ0) is 26.6. The second-order valence-electron chi connectivity index (χ2n) is 11.7. The van der Waals surface area contributed by atoms with Crippen molar-refractivity contribution in [2.45, 2.75) is 56.7 Å². The quantitative estimate of drug-likeness (QED) is 0.582. The molecule has 2 N–H and O–H groups in total. The number of hydrogen-bond donors (Lipinski definition) is 2. The van der Waals surface area contributed by atoms with Gasteiger partial charge in [-0.25, -0.2) is 14.2 Å². The zero-order valence-electron chi connectivity index (χ0n) is 21.9. The number of carbonyl (C=O) groups is 2. The van der Waals surface area contributed by atoms with Gasteiger partial charge in [-0.2, -0.15) is 0 Å². The molecule has 9 heteroatoms. The summed E-state index contributed by atoms with van der Waals surface area (Å²) in [6.07, 6.45) is 4.68. The molecule has 8 nitrogen and oxygen atoms in total. The van der Waals surface area contributed by atoms with Crippen molar-refractivity contribution in [3.63, 3.8) is 0 Å². The fraction of sp³-hybridized carbons (Fsp3) is 0.552. The van der Waals surface area contributed by atoms with E-state index < -0.39 is 17.4 Å². The average molecular weight is 523 g/mol. The summed E-state index contributed by atoms with van der Waals surface area (Å²) in [7, 11) is 1.24. The van der Waals surface area contributed by atoms with Crippen LogP contribution in [0.4, 0.5) is 15.9 Å². The molecule has 0 radical (unpaired) electrons. The van der Waals surface area contributed by atoms with Gasteiger partial charge in [-0.05, 0) is 87.1 Å². The van der Waals surface area contributed by atoms with E-state index in [4.69, 9.17) is 9.72 Å². The lowest BCUT2D eigenvalue weighted by Crippen LogP contribution is -2.61. The molecule has 202 valence electrons. The summed E-state index contributed by atoms with van der Waals surface area (Å²) in [6.45, 7) is 4.06. The minimum Gasteiger partial charge on any atom is -0.465 e. The highest BCUT2D eigenvalue weighted by atomic mass is 19.1. The Morgan fingerprint density at radius 1 is 1.13 bits per heavy atom. The molecule has 1 aliphatic heterocycles. The Bertz CT molecular complexity index is 1240. The monoisotopic (exact) mass is 522 g/mol. The number of benzene rings is 1. The van der Waals surface area contributed by atoms with Gasteiger partial charge in [0.2, 0.25) is 0 Å². The number of ether oxygens (including phenoxy) is 1. The summed E-state index contributed by atoms with van der Waals surface area (Å²) in [5, 5.41) is 14.1. The van der Waals surface area contributed by atoms with Gasteiger partial charge in [0.25, 0.3) is 5.91 Å². The number of aromatic nitrogens is 1. The minimum atomic E-state index is -0.695. The first-order chi connectivity index (χ1) is 18.2. The zero-order valence-corrected chi connectivity index (χ0v) is 21.9. The molecule has 1 amide bonds. The maximum absolute atomic E-state index is 14.1. The van der Waals surface area contributed by atoms with Gasteiger partial charge in [0.15, 0.2) is 0 Å². The summed E-state index contributed by atoms with van der Waals surface area (Å²) in [5.41, 5.74) is 0.572. The molecule has 5 fully saturated rings. The second kappa shape index (κ2) is 9.52. The average Bonchev–Trinajstić information content (AvgIpc) is 2.89. The number of esters is 1. The lowest BCUT2D eigenvalue weighted by molar-refractivity contribution is -0.136. The SMILES string of the molecule is COC(=O)c1cc(N2CCN(c3cccc(C(=O)NC4C5CC6CC4CC(O)(C6)C5)n3)C(C)C2)ccc1F. The summed E-state index contributed by atoms with van der Waals surface area (Å²) in [6, 6.07) is 10.3. The first-order valence-electron chi connectivity index (χ1n) is 13.6. The van der Waals surface area contributed by atoms with Crippen molar-refractivity contribution < 1.29 is 23.8 Å². The highest BCUT2D eigenvalue weighted by Gasteiger charge is 2.55. The summed E-state index contributed by atoms with van der Waals surface area (Å²) in [4.78, 5) is 34.2. The van der Waals surface area contributed by atoms with Gasteiger partial charge < -0.3 is 25.0 Å². The molecule has 3 unspecified atom stereocenters. The first-order valence-corrected chi connectivity index (χ1v) is 13.6. The number of nitrogens with zero attached hydrogens (tertiary/aromatic N) is 3. The van der Waals surface area contributed by atoms with Gasteiger partial charge in [0.05, 0.1) is 18.3 Å². The third kappa shape index (κ3) is 4.51. The number of piperazine rings is 1. The van der Waals surface area contributed by atoms with Crippen LogP contribution in [-0.2, 0) is 4.74 Å². The molecule has 38 heavy (non-hydrogen) atoms. The maximum atomic E-state index is 14.1. The summed E-state index contributed by atoms with van der Waals surface area (Å²) < 4.78 is 18.8. The lowest BCUT2D eigenvalue weighted by atomic mass is 9.52. The molecule has 1 aromatic heterocycles. The van der Waals surface area contributed by atoms with Crippen LogP contribution in [0.1, 0.15) is 59.9 Å². The molecule has 5 aliphatic rings. The Labute approximate surface area is 222 Å². The Morgan fingerprint density at radius 2 is 1.89 bits per heavy atom. The number of carbonyl (C=O) groups excluding carboxylic acids is 2. The van der Waals surface area contributed by atoms with Gasteiger partial charge in [0, 0.05) is 37.4 Å². The van der Waals surface area contributed by atoms with Crippen LogP contribution in [-0.4, -0.2) is 66.4 Å². The summed E-state index contributed by atoms with van der Waals surface area (Å²) in [5.74, 6) is 0.586. The van der Waals surface area contributed by atoms with Gasteiger partial charge in [-0.1, -0.05) is 6.07 Å². The van der Waals surface area contributed by atoms with Gasteiger partial charge in [0.1, 0.15) is 17.3 Å². The maximum Gasteiger partial charge on any atom is 0.340 e. The molecule has 1 aromatic carbocycles. The van der Waals surface area contributed by atoms with Crippen molar-refractivity contribution in [1.82, 2.24) is 10.3 Å². The van der Waals surface area contributed by atoms with Crippen LogP contribution >= 0.6 is 0 Å². The van der Waals surface area contributed by atoms with Crippen LogP contribution in [0.15, 0.2) is 36.4 Å². The fourth-order valence-corrected chi connectivity index (χ4v) is 7.66. The first kappa shape index (κ1) is 25.1. The van der Waals surface area contributed by atoms with E-state index in [9.17, 15) is 19.1 Å². The van der Waals surface area contributed by atoms with Crippen LogP contribution < -0.4 is 15.1 Å². The smallest absolute Gasteiger partial charge is 0.340 e. The van der Waals surface area contributed by atoms with Crippen LogP contribution in [0.2, 0.25) is 0 Å². The lowest BCUT2D eigenvalue weighted by Gasteiger charge is -2.58. The number of pyridine rings is 1. The highest BCUT2D eigenvalue weighted by molar-refractivity contribution is 5.93. The normalized spacial score (nSPS) is 31.8. The van der Waals surface area contributed by atoms with Crippen LogP contribution in [0.3, 0.4) is 0 Å². The molecule has 2 heterocycles. The number of amides is 1. The predicted octanol–water partition coefficient (Wildman–Crippen LogP) is 3.39. The molecule has 4 aliphatic carbocycles. The number of hydrogen-bond acceptors (Lipinski definition) is 7. The van der Waals surface area contributed by atoms with E-state index in [1.165, 1.54) is 19.2 Å². The number of halogens is 1. The van der Waals surface area contributed by atoms with Crippen molar-refractivity contribution in [2.24, 2.45) is 17.8 Å². The third-order valence-electron chi connectivity index (χ3n) is 9.15. The molecule has 2 aromatic rings. The van der Waals surface area contributed by atoms with E-state index >= 15 is 0 Å². The summed E-state index contributed by atoms with van der Waals surface area (Å²) >= 11 is 0.